The highest BCUT2D eigenvalue weighted by Gasteiger charge is 2.06. The van der Waals surface area contributed by atoms with E-state index in [-0.39, 0.29) is 0 Å². The first kappa shape index (κ1) is 12.9. The first-order valence-electron chi connectivity index (χ1n) is 6.34. The summed E-state index contributed by atoms with van der Waals surface area (Å²) in [7, 11) is 0. The molecule has 2 rings (SSSR count). The van der Waals surface area contributed by atoms with E-state index in [9.17, 15) is 0 Å². The van der Waals surface area contributed by atoms with Crippen molar-refractivity contribution < 1.29 is 4.42 Å². The van der Waals surface area contributed by atoms with Crippen LogP contribution in [-0.2, 0) is 19.6 Å². The predicted octanol–water partition coefficient (Wildman–Crippen LogP) is 2.76. The maximum atomic E-state index is 5.59. The predicted molar refractivity (Wildman–Crippen MR) is 72.8 cm³/mol. The molecule has 0 saturated carbocycles. The Bertz CT molecular complexity index is 448. The standard InChI is InChI=1S/C15H20N2O/c1-2-17(12-15-4-3-9-18-15)11-14-7-5-13(10-16)6-8-14/h3-9H,2,10-12,16H2,1H3. The molecule has 0 aliphatic rings. The van der Waals surface area contributed by atoms with Gasteiger partial charge >= 0.3 is 0 Å². The fourth-order valence-electron chi connectivity index (χ4n) is 1.94. The van der Waals surface area contributed by atoms with Gasteiger partial charge in [-0.15, -0.1) is 0 Å². The Kier molecular flexibility index (Phi) is 4.56. The van der Waals surface area contributed by atoms with E-state index < -0.39 is 0 Å². The Morgan fingerprint density at radius 3 is 2.33 bits per heavy atom. The first-order chi connectivity index (χ1) is 8.81. The molecule has 0 spiro atoms. The van der Waals surface area contributed by atoms with Crippen molar-refractivity contribution >= 4 is 0 Å². The number of nitrogens with two attached hydrogens (primary N) is 1. The highest BCUT2D eigenvalue weighted by atomic mass is 16.3. The molecule has 0 amide bonds. The van der Waals surface area contributed by atoms with E-state index in [0.717, 1.165) is 25.4 Å². The van der Waals surface area contributed by atoms with Gasteiger partial charge in [-0.2, -0.15) is 0 Å². The molecule has 3 heteroatoms. The van der Waals surface area contributed by atoms with Crippen LogP contribution in [0.15, 0.2) is 47.1 Å². The molecular weight excluding hydrogens is 224 g/mol. The van der Waals surface area contributed by atoms with Crippen LogP contribution in [0, 0.1) is 0 Å². The average molecular weight is 244 g/mol. The topological polar surface area (TPSA) is 42.4 Å². The van der Waals surface area contributed by atoms with E-state index >= 15 is 0 Å². The highest BCUT2D eigenvalue weighted by Crippen LogP contribution is 2.11. The number of nitrogens with zero attached hydrogens (tertiary/aromatic N) is 1. The molecule has 3 nitrogen and oxygen atoms in total. The fourth-order valence-corrected chi connectivity index (χ4v) is 1.94. The molecule has 0 unspecified atom stereocenters. The van der Waals surface area contributed by atoms with E-state index in [1.807, 2.05) is 12.1 Å². The fraction of sp³-hybridized carbons (Fsp3) is 0.333. The molecule has 0 radical (unpaired) electrons. The molecule has 0 atom stereocenters. The third-order valence-corrected chi connectivity index (χ3v) is 3.07. The summed E-state index contributed by atoms with van der Waals surface area (Å²) in [5.74, 6) is 1.01. The second-order valence-electron chi connectivity index (χ2n) is 4.40. The van der Waals surface area contributed by atoms with Gasteiger partial charge in [0.25, 0.3) is 0 Å². The van der Waals surface area contributed by atoms with Gasteiger partial charge in [-0.05, 0) is 29.8 Å². The number of furan rings is 1. The van der Waals surface area contributed by atoms with Crippen LogP contribution in [0.3, 0.4) is 0 Å². The second kappa shape index (κ2) is 6.38. The molecule has 0 bridgehead atoms. The number of benzene rings is 1. The largest absolute Gasteiger partial charge is 0.468 e. The normalized spacial score (nSPS) is 11.1. The minimum atomic E-state index is 0.601. The van der Waals surface area contributed by atoms with Crippen LogP contribution in [0.1, 0.15) is 23.8 Å². The van der Waals surface area contributed by atoms with Crippen molar-refractivity contribution in [3.05, 3.63) is 59.5 Å². The Morgan fingerprint density at radius 1 is 1.06 bits per heavy atom. The maximum absolute atomic E-state index is 5.59. The van der Waals surface area contributed by atoms with Gasteiger partial charge in [0.1, 0.15) is 5.76 Å². The third-order valence-electron chi connectivity index (χ3n) is 3.07. The summed E-state index contributed by atoms with van der Waals surface area (Å²) in [6.07, 6.45) is 1.72. The van der Waals surface area contributed by atoms with Crippen LogP contribution >= 0.6 is 0 Å². The third kappa shape index (κ3) is 3.45. The second-order valence-corrected chi connectivity index (χ2v) is 4.40. The maximum Gasteiger partial charge on any atom is 0.117 e. The number of hydrogen-bond acceptors (Lipinski definition) is 3. The zero-order valence-electron chi connectivity index (χ0n) is 10.8. The smallest absolute Gasteiger partial charge is 0.117 e. The van der Waals surface area contributed by atoms with E-state index in [2.05, 4.69) is 36.1 Å². The van der Waals surface area contributed by atoms with Gasteiger partial charge in [-0.1, -0.05) is 31.2 Å². The Labute approximate surface area is 108 Å². The van der Waals surface area contributed by atoms with Gasteiger partial charge < -0.3 is 10.2 Å². The van der Waals surface area contributed by atoms with Crippen LogP contribution < -0.4 is 5.73 Å². The molecule has 96 valence electrons. The minimum Gasteiger partial charge on any atom is -0.468 e. The van der Waals surface area contributed by atoms with Gasteiger partial charge in [0.05, 0.1) is 12.8 Å². The lowest BCUT2D eigenvalue weighted by Gasteiger charge is -2.19. The summed E-state index contributed by atoms with van der Waals surface area (Å²) in [6, 6.07) is 12.4. The van der Waals surface area contributed by atoms with Crippen molar-refractivity contribution in [2.45, 2.75) is 26.6 Å². The van der Waals surface area contributed by atoms with E-state index in [1.165, 1.54) is 11.1 Å². The molecule has 1 heterocycles. The van der Waals surface area contributed by atoms with Gasteiger partial charge in [-0.25, -0.2) is 0 Å². The Morgan fingerprint density at radius 2 is 1.78 bits per heavy atom. The first-order valence-corrected chi connectivity index (χ1v) is 6.34. The Hall–Kier alpha value is -1.58. The van der Waals surface area contributed by atoms with E-state index in [4.69, 9.17) is 10.2 Å². The lowest BCUT2D eigenvalue weighted by molar-refractivity contribution is 0.248. The molecule has 0 saturated heterocycles. The zero-order chi connectivity index (χ0) is 12.8. The van der Waals surface area contributed by atoms with E-state index in [1.54, 1.807) is 6.26 Å². The zero-order valence-corrected chi connectivity index (χ0v) is 10.8. The lowest BCUT2D eigenvalue weighted by atomic mass is 10.1. The van der Waals surface area contributed by atoms with Gasteiger partial charge in [-0.3, -0.25) is 4.90 Å². The SMILES string of the molecule is CCN(Cc1ccc(CN)cc1)Cc1ccco1. The summed E-state index contributed by atoms with van der Waals surface area (Å²) in [5, 5.41) is 0. The molecule has 1 aromatic heterocycles. The van der Waals surface area contributed by atoms with Gasteiger partial charge in [0.2, 0.25) is 0 Å². The summed E-state index contributed by atoms with van der Waals surface area (Å²) in [6.45, 7) is 5.55. The van der Waals surface area contributed by atoms with Crippen molar-refractivity contribution in [2.24, 2.45) is 5.73 Å². The van der Waals surface area contributed by atoms with Crippen LogP contribution in [0.4, 0.5) is 0 Å². The van der Waals surface area contributed by atoms with Gasteiger partial charge in [0, 0.05) is 13.1 Å². The summed E-state index contributed by atoms with van der Waals surface area (Å²) >= 11 is 0. The van der Waals surface area contributed by atoms with Gasteiger partial charge in [0.15, 0.2) is 0 Å². The summed E-state index contributed by atoms with van der Waals surface area (Å²) < 4.78 is 5.38. The molecule has 2 aromatic rings. The van der Waals surface area contributed by atoms with E-state index in [0.29, 0.717) is 6.54 Å². The van der Waals surface area contributed by atoms with Crippen molar-refractivity contribution in [3.8, 4) is 0 Å². The van der Waals surface area contributed by atoms with Crippen LogP contribution in [0.25, 0.3) is 0 Å². The summed E-state index contributed by atoms with van der Waals surface area (Å²) in [4.78, 5) is 2.34. The molecule has 1 aromatic carbocycles. The molecule has 0 aliphatic carbocycles. The monoisotopic (exact) mass is 244 g/mol. The Balaban J connectivity index is 1.96. The average Bonchev–Trinajstić information content (AvgIpc) is 2.91. The van der Waals surface area contributed by atoms with Crippen molar-refractivity contribution in [1.82, 2.24) is 4.90 Å². The van der Waals surface area contributed by atoms with Crippen LogP contribution in [0.5, 0.6) is 0 Å². The van der Waals surface area contributed by atoms with Crippen molar-refractivity contribution in [2.75, 3.05) is 6.54 Å². The lowest BCUT2D eigenvalue weighted by Crippen LogP contribution is -2.22. The minimum absolute atomic E-state index is 0.601. The molecular formula is C15H20N2O. The summed E-state index contributed by atoms with van der Waals surface area (Å²) in [5.41, 5.74) is 8.07. The highest BCUT2D eigenvalue weighted by molar-refractivity contribution is 5.22. The molecule has 0 aliphatic heterocycles. The van der Waals surface area contributed by atoms with Crippen LogP contribution in [0.2, 0.25) is 0 Å². The quantitative estimate of drug-likeness (QED) is 0.849. The molecule has 0 fully saturated rings. The van der Waals surface area contributed by atoms with Crippen molar-refractivity contribution in [1.29, 1.82) is 0 Å². The van der Waals surface area contributed by atoms with Crippen LogP contribution in [-0.4, -0.2) is 11.4 Å². The number of hydrogen-bond donors (Lipinski definition) is 1. The molecule has 2 N–H and O–H groups in total. The number of rotatable bonds is 6. The van der Waals surface area contributed by atoms with Crippen molar-refractivity contribution in [3.63, 3.8) is 0 Å². The molecule has 18 heavy (non-hydrogen) atoms.